The van der Waals surface area contributed by atoms with Crippen LogP contribution < -0.4 is 0 Å². The molecule has 8 nitrogen and oxygen atoms in total. The van der Waals surface area contributed by atoms with Crippen molar-refractivity contribution in [3.05, 3.63) is 0 Å². The molecule has 0 aliphatic carbocycles. The summed E-state index contributed by atoms with van der Waals surface area (Å²) >= 11 is 0. The van der Waals surface area contributed by atoms with Crippen molar-refractivity contribution < 1.29 is 28.6 Å². The molecule has 3 saturated heterocycles. The second-order valence-electron chi connectivity index (χ2n) is 6.69. The van der Waals surface area contributed by atoms with Gasteiger partial charge in [-0.3, -0.25) is 14.4 Å². The maximum Gasteiger partial charge on any atom is 0.315 e. The molecule has 134 valence electrons. The molecule has 4 unspecified atom stereocenters. The van der Waals surface area contributed by atoms with Crippen molar-refractivity contribution in [2.75, 3.05) is 40.0 Å². The van der Waals surface area contributed by atoms with Gasteiger partial charge in [0.1, 0.15) is 0 Å². The molecule has 3 fully saturated rings. The Hall–Kier alpha value is -1.67. The molecule has 24 heavy (non-hydrogen) atoms. The summed E-state index contributed by atoms with van der Waals surface area (Å²) in [6.07, 6.45) is 1.06. The van der Waals surface area contributed by atoms with Gasteiger partial charge in [-0.2, -0.15) is 0 Å². The predicted molar refractivity (Wildman–Crippen MR) is 81.7 cm³/mol. The van der Waals surface area contributed by atoms with E-state index in [4.69, 9.17) is 9.47 Å². The van der Waals surface area contributed by atoms with Crippen molar-refractivity contribution in [2.24, 2.45) is 11.8 Å². The number of amides is 1. The zero-order valence-electron chi connectivity index (χ0n) is 14.1. The Morgan fingerprint density at radius 3 is 2.25 bits per heavy atom. The second kappa shape index (κ2) is 7.06. The van der Waals surface area contributed by atoms with Crippen LogP contribution in [0.1, 0.15) is 19.8 Å². The highest BCUT2D eigenvalue weighted by atomic mass is 16.7. The van der Waals surface area contributed by atoms with E-state index in [1.807, 2.05) is 11.9 Å². The summed E-state index contributed by atoms with van der Waals surface area (Å²) in [6, 6.07) is 0. The second-order valence-corrected chi connectivity index (χ2v) is 6.69. The number of fused-ring (bicyclic) bond motifs is 2. The lowest BCUT2D eigenvalue weighted by Gasteiger charge is -2.36. The van der Waals surface area contributed by atoms with E-state index in [9.17, 15) is 14.4 Å². The SMILES string of the molecule is CC(=O)OCOC(=O)C1C2CCC(O2)C1C(=O)N1CCN(C)CC1. The predicted octanol–water partition coefficient (Wildman–Crippen LogP) is -0.382. The molecule has 1 amide bonds. The molecule has 0 aromatic rings. The Balaban J connectivity index is 1.65. The van der Waals surface area contributed by atoms with Crippen molar-refractivity contribution in [1.29, 1.82) is 0 Å². The Kier molecular flexibility index (Phi) is 5.05. The summed E-state index contributed by atoms with van der Waals surface area (Å²) in [5, 5.41) is 0. The first-order valence-electron chi connectivity index (χ1n) is 8.40. The third-order valence-electron chi connectivity index (χ3n) is 5.11. The monoisotopic (exact) mass is 340 g/mol. The van der Waals surface area contributed by atoms with Gasteiger partial charge < -0.3 is 24.0 Å². The molecule has 3 aliphatic heterocycles. The van der Waals surface area contributed by atoms with Gasteiger partial charge in [-0.15, -0.1) is 0 Å². The average molecular weight is 340 g/mol. The first-order valence-corrected chi connectivity index (χ1v) is 8.40. The number of nitrogens with zero attached hydrogens (tertiary/aromatic N) is 2. The number of piperazine rings is 1. The van der Waals surface area contributed by atoms with Crippen molar-refractivity contribution in [2.45, 2.75) is 32.0 Å². The molecular weight excluding hydrogens is 316 g/mol. The van der Waals surface area contributed by atoms with Gasteiger partial charge in [-0.1, -0.05) is 0 Å². The zero-order chi connectivity index (χ0) is 17.3. The first-order chi connectivity index (χ1) is 11.5. The van der Waals surface area contributed by atoms with Crippen molar-refractivity contribution in [3.8, 4) is 0 Å². The van der Waals surface area contributed by atoms with Crippen LogP contribution >= 0.6 is 0 Å². The molecular formula is C16H24N2O6. The lowest BCUT2D eigenvalue weighted by atomic mass is 9.78. The summed E-state index contributed by atoms with van der Waals surface area (Å²) in [7, 11) is 2.03. The van der Waals surface area contributed by atoms with Crippen LogP contribution in [0, 0.1) is 11.8 Å². The van der Waals surface area contributed by atoms with Crippen LogP contribution in [0.15, 0.2) is 0 Å². The van der Waals surface area contributed by atoms with Gasteiger partial charge in [0.05, 0.1) is 24.0 Å². The fourth-order valence-electron chi connectivity index (χ4n) is 3.80. The molecule has 0 aromatic carbocycles. The van der Waals surface area contributed by atoms with Crippen LogP contribution in [0.4, 0.5) is 0 Å². The Bertz CT molecular complexity index is 517. The number of hydrogen-bond acceptors (Lipinski definition) is 7. The van der Waals surface area contributed by atoms with Crippen LogP contribution in [0.5, 0.6) is 0 Å². The molecule has 0 saturated carbocycles. The van der Waals surface area contributed by atoms with E-state index in [0.717, 1.165) is 25.9 Å². The molecule has 3 aliphatic rings. The van der Waals surface area contributed by atoms with Crippen LogP contribution in [0.3, 0.4) is 0 Å². The molecule has 0 radical (unpaired) electrons. The number of ether oxygens (including phenoxy) is 3. The van der Waals surface area contributed by atoms with Gasteiger partial charge in [-0.05, 0) is 19.9 Å². The van der Waals surface area contributed by atoms with E-state index in [-0.39, 0.29) is 18.1 Å². The van der Waals surface area contributed by atoms with Crippen LogP contribution in [0.25, 0.3) is 0 Å². The molecule has 0 aromatic heterocycles. The standard InChI is InChI=1S/C16H24N2O6/c1-10(19)22-9-23-16(21)14-12-4-3-11(24-12)13(14)15(20)18-7-5-17(2)6-8-18/h11-14H,3-9H2,1-2H3. The highest BCUT2D eigenvalue weighted by Crippen LogP contribution is 2.45. The van der Waals surface area contributed by atoms with Crippen LogP contribution in [-0.2, 0) is 28.6 Å². The van der Waals surface area contributed by atoms with E-state index in [1.165, 1.54) is 6.92 Å². The number of rotatable bonds is 4. The summed E-state index contributed by atoms with van der Waals surface area (Å²) < 4.78 is 15.5. The molecule has 3 rings (SSSR count). The van der Waals surface area contributed by atoms with Gasteiger partial charge >= 0.3 is 11.9 Å². The maximum absolute atomic E-state index is 12.9. The van der Waals surface area contributed by atoms with Gasteiger partial charge in [0.2, 0.25) is 12.7 Å². The summed E-state index contributed by atoms with van der Waals surface area (Å²) in [4.78, 5) is 40.1. The summed E-state index contributed by atoms with van der Waals surface area (Å²) in [5.74, 6) is -2.15. The van der Waals surface area contributed by atoms with E-state index >= 15 is 0 Å². The van der Waals surface area contributed by atoms with E-state index in [0.29, 0.717) is 13.1 Å². The molecule has 0 N–H and O–H groups in total. The Morgan fingerprint density at radius 1 is 1.00 bits per heavy atom. The Morgan fingerprint density at radius 2 is 1.62 bits per heavy atom. The van der Waals surface area contributed by atoms with Crippen LogP contribution in [-0.4, -0.2) is 79.9 Å². The Labute approximate surface area is 141 Å². The summed E-state index contributed by atoms with van der Waals surface area (Å²) in [6.45, 7) is 3.81. The van der Waals surface area contributed by atoms with Gasteiger partial charge in [-0.25, -0.2) is 0 Å². The molecule has 4 atom stereocenters. The lowest BCUT2D eigenvalue weighted by molar-refractivity contribution is -0.172. The number of carbonyl (C=O) groups is 3. The fraction of sp³-hybridized carbons (Fsp3) is 0.812. The highest BCUT2D eigenvalue weighted by Gasteiger charge is 2.57. The van der Waals surface area contributed by atoms with Gasteiger partial charge in [0.15, 0.2) is 0 Å². The number of carbonyl (C=O) groups excluding carboxylic acids is 3. The fourth-order valence-corrected chi connectivity index (χ4v) is 3.80. The number of likely N-dealkylation sites (N-methyl/N-ethyl adjacent to an activating group) is 1. The summed E-state index contributed by atoms with van der Waals surface area (Å²) in [5.41, 5.74) is 0. The average Bonchev–Trinajstić information content (AvgIpc) is 3.15. The number of hydrogen-bond donors (Lipinski definition) is 0. The molecule has 3 heterocycles. The van der Waals surface area contributed by atoms with E-state index in [1.54, 1.807) is 0 Å². The third kappa shape index (κ3) is 3.39. The molecule has 2 bridgehead atoms. The smallest absolute Gasteiger partial charge is 0.315 e. The quantitative estimate of drug-likeness (QED) is 0.509. The van der Waals surface area contributed by atoms with Crippen molar-refractivity contribution in [3.63, 3.8) is 0 Å². The third-order valence-corrected chi connectivity index (χ3v) is 5.11. The minimum atomic E-state index is -0.605. The topological polar surface area (TPSA) is 85.4 Å². The minimum Gasteiger partial charge on any atom is -0.428 e. The van der Waals surface area contributed by atoms with Crippen LogP contribution in [0.2, 0.25) is 0 Å². The van der Waals surface area contributed by atoms with E-state index in [2.05, 4.69) is 9.64 Å². The normalized spacial score (nSPS) is 32.7. The minimum absolute atomic E-state index is 0.0234. The molecule has 0 spiro atoms. The van der Waals surface area contributed by atoms with Crippen molar-refractivity contribution in [1.82, 2.24) is 9.80 Å². The number of esters is 2. The lowest BCUT2D eigenvalue weighted by Crippen LogP contribution is -2.52. The van der Waals surface area contributed by atoms with Crippen molar-refractivity contribution >= 4 is 17.8 Å². The zero-order valence-corrected chi connectivity index (χ0v) is 14.1. The van der Waals surface area contributed by atoms with Gasteiger partial charge in [0, 0.05) is 33.1 Å². The van der Waals surface area contributed by atoms with E-state index < -0.39 is 30.6 Å². The molecule has 8 heteroatoms. The first kappa shape index (κ1) is 17.2. The van der Waals surface area contributed by atoms with Gasteiger partial charge in [0.25, 0.3) is 0 Å². The highest BCUT2D eigenvalue weighted by molar-refractivity contribution is 5.87. The maximum atomic E-state index is 12.9. The largest absolute Gasteiger partial charge is 0.428 e.